The summed E-state index contributed by atoms with van der Waals surface area (Å²) in [4.78, 5) is 4.23. The monoisotopic (exact) mass is 285 g/mol. The van der Waals surface area contributed by atoms with Gasteiger partial charge in [-0.3, -0.25) is 0 Å². The molecule has 1 aromatic heterocycles. The van der Waals surface area contributed by atoms with Gasteiger partial charge in [-0.15, -0.1) is 0 Å². The molecule has 0 aliphatic carbocycles. The van der Waals surface area contributed by atoms with E-state index in [1.54, 1.807) is 12.1 Å². The number of anilines is 1. The zero-order valence-electron chi connectivity index (χ0n) is 11.5. The zero-order chi connectivity index (χ0) is 14.5. The van der Waals surface area contributed by atoms with Gasteiger partial charge >= 0.3 is 0 Å². The van der Waals surface area contributed by atoms with Gasteiger partial charge in [-0.05, 0) is 23.6 Å². The first-order valence-electron chi connectivity index (χ1n) is 6.50. The molecule has 0 bridgehead atoms. The summed E-state index contributed by atoms with van der Waals surface area (Å²) >= 11 is 5.90. The van der Waals surface area contributed by atoms with Crippen LogP contribution in [0.25, 0.3) is 0 Å². The summed E-state index contributed by atoms with van der Waals surface area (Å²) in [5, 5.41) is 12.7. The smallest absolute Gasteiger partial charge is 0.161 e. The van der Waals surface area contributed by atoms with Crippen LogP contribution in [-0.4, -0.2) is 4.98 Å². The van der Waals surface area contributed by atoms with Crippen molar-refractivity contribution in [3.05, 3.63) is 58.7 Å². The van der Waals surface area contributed by atoms with Crippen LogP contribution in [0.4, 0.5) is 5.82 Å². The van der Waals surface area contributed by atoms with E-state index in [1.807, 2.05) is 24.3 Å². The molecule has 1 N–H and O–H groups in total. The molecule has 1 heterocycles. The Morgan fingerprint density at radius 3 is 2.45 bits per heavy atom. The highest BCUT2D eigenvalue weighted by Gasteiger charge is 2.16. The first-order valence-corrected chi connectivity index (χ1v) is 6.87. The number of benzene rings is 1. The maximum Gasteiger partial charge on any atom is 0.161 e. The number of nitrogens with one attached hydrogen (secondary N) is 1. The summed E-state index contributed by atoms with van der Waals surface area (Å²) in [7, 11) is 0. The van der Waals surface area contributed by atoms with E-state index in [2.05, 4.69) is 36.3 Å². The molecule has 4 heteroatoms. The van der Waals surface area contributed by atoms with Crippen LogP contribution in [-0.2, 0) is 0 Å². The van der Waals surface area contributed by atoms with E-state index in [9.17, 15) is 0 Å². The molecule has 0 radical (unpaired) electrons. The Labute approximate surface area is 124 Å². The highest BCUT2D eigenvalue weighted by molar-refractivity contribution is 6.31. The molecule has 1 unspecified atom stereocenters. The topological polar surface area (TPSA) is 48.7 Å². The molecule has 2 rings (SSSR count). The Bertz CT molecular complexity index is 617. The highest BCUT2D eigenvalue weighted by Crippen LogP contribution is 2.26. The quantitative estimate of drug-likeness (QED) is 0.905. The number of hydrogen-bond donors (Lipinski definition) is 1. The SMILES string of the molecule is CC(C)C(Nc1ccc(Cl)c(C#N)n1)c1ccccc1. The van der Waals surface area contributed by atoms with Crippen molar-refractivity contribution in [3.8, 4) is 6.07 Å². The van der Waals surface area contributed by atoms with Crippen LogP contribution in [0.15, 0.2) is 42.5 Å². The maximum atomic E-state index is 8.98. The van der Waals surface area contributed by atoms with Crippen molar-refractivity contribution < 1.29 is 0 Å². The van der Waals surface area contributed by atoms with Crippen molar-refractivity contribution in [3.63, 3.8) is 0 Å². The molecule has 1 atom stereocenters. The van der Waals surface area contributed by atoms with Crippen molar-refractivity contribution in [1.29, 1.82) is 5.26 Å². The second-order valence-electron chi connectivity index (χ2n) is 4.92. The number of hydrogen-bond acceptors (Lipinski definition) is 3. The van der Waals surface area contributed by atoms with Crippen LogP contribution in [0.2, 0.25) is 5.02 Å². The van der Waals surface area contributed by atoms with Crippen molar-refractivity contribution >= 4 is 17.4 Å². The summed E-state index contributed by atoms with van der Waals surface area (Å²) in [6.45, 7) is 4.29. The fourth-order valence-electron chi connectivity index (χ4n) is 2.06. The molecule has 3 nitrogen and oxygen atoms in total. The third-order valence-electron chi connectivity index (χ3n) is 3.08. The van der Waals surface area contributed by atoms with Gasteiger partial charge in [0.15, 0.2) is 5.69 Å². The molecule has 2 aromatic rings. The lowest BCUT2D eigenvalue weighted by molar-refractivity contribution is 0.545. The fourth-order valence-corrected chi connectivity index (χ4v) is 2.20. The number of rotatable bonds is 4. The Hall–Kier alpha value is -2.05. The molecular weight excluding hydrogens is 270 g/mol. The number of pyridine rings is 1. The standard InChI is InChI=1S/C16H16ClN3/c1-11(2)16(12-6-4-3-5-7-12)20-15-9-8-13(17)14(10-18)19-15/h3-9,11,16H,1-2H3,(H,19,20). The van der Waals surface area contributed by atoms with Gasteiger partial charge in [-0.1, -0.05) is 55.8 Å². The maximum absolute atomic E-state index is 8.98. The van der Waals surface area contributed by atoms with E-state index in [0.29, 0.717) is 16.8 Å². The molecule has 0 aliphatic rings. The first-order chi connectivity index (χ1) is 9.61. The van der Waals surface area contributed by atoms with E-state index in [1.165, 1.54) is 5.56 Å². The average molecular weight is 286 g/mol. The minimum absolute atomic E-state index is 0.136. The first kappa shape index (κ1) is 14.4. The third-order valence-corrected chi connectivity index (χ3v) is 3.39. The van der Waals surface area contributed by atoms with Gasteiger partial charge in [0.25, 0.3) is 0 Å². The highest BCUT2D eigenvalue weighted by atomic mass is 35.5. The molecule has 20 heavy (non-hydrogen) atoms. The second kappa shape index (κ2) is 6.40. The Balaban J connectivity index is 2.28. The van der Waals surface area contributed by atoms with Gasteiger partial charge in [0.2, 0.25) is 0 Å². The van der Waals surface area contributed by atoms with E-state index < -0.39 is 0 Å². The predicted molar refractivity (Wildman–Crippen MR) is 81.6 cm³/mol. The average Bonchev–Trinajstić information content (AvgIpc) is 2.47. The molecule has 0 saturated heterocycles. The van der Waals surface area contributed by atoms with Crippen molar-refractivity contribution in [1.82, 2.24) is 4.98 Å². The van der Waals surface area contributed by atoms with Crippen LogP contribution in [0.3, 0.4) is 0 Å². The molecule has 0 fully saturated rings. The summed E-state index contributed by atoms with van der Waals surface area (Å²) in [6.07, 6.45) is 0. The van der Waals surface area contributed by atoms with Gasteiger partial charge < -0.3 is 5.32 Å². The molecule has 0 saturated carbocycles. The van der Waals surface area contributed by atoms with Gasteiger partial charge in [0.05, 0.1) is 11.1 Å². The minimum atomic E-state index is 0.136. The largest absolute Gasteiger partial charge is 0.363 e. The van der Waals surface area contributed by atoms with Crippen molar-refractivity contribution in [2.24, 2.45) is 5.92 Å². The Morgan fingerprint density at radius 1 is 1.15 bits per heavy atom. The van der Waals surface area contributed by atoms with Crippen LogP contribution >= 0.6 is 11.6 Å². The van der Waals surface area contributed by atoms with Gasteiger partial charge in [0.1, 0.15) is 11.9 Å². The van der Waals surface area contributed by atoms with Gasteiger partial charge in [-0.25, -0.2) is 4.98 Å². The van der Waals surface area contributed by atoms with Gasteiger partial charge in [0, 0.05) is 0 Å². The molecule has 1 aromatic carbocycles. The summed E-state index contributed by atoms with van der Waals surface area (Å²) < 4.78 is 0. The van der Waals surface area contributed by atoms with Crippen LogP contribution in [0.5, 0.6) is 0 Å². The summed E-state index contributed by atoms with van der Waals surface area (Å²) in [6, 6.07) is 15.8. The molecular formula is C16H16ClN3. The Morgan fingerprint density at radius 2 is 1.85 bits per heavy atom. The fraction of sp³-hybridized carbons (Fsp3) is 0.250. The van der Waals surface area contributed by atoms with Crippen LogP contribution in [0.1, 0.15) is 31.1 Å². The van der Waals surface area contributed by atoms with E-state index in [-0.39, 0.29) is 11.7 Å². The molecule has 0 aliphatic heterocycles. The lowest BCUT2D eigenvalue weighted by Crippen LogP contribution is -2.17. The predicted octanol–water partition coefficient (Wildman–Crippen LogP) is 4.42. The van der Waals surface area contributed by atoms with Crippen molar-refractivity contribution in [2.75, 3.05) is 5.32 Å². The minimum Gasteiger partial charge on any atom is -0.363 e. The van der Waals surface area contributed by atoms with Crippen LogP contribution in [0, 0.1) is 17.2 Å². The van der Waals surface area contributed by atoms with Gasteiger partial charge in [-0.2, -0.15) is 5.26 Å². The van der Waals surface area contributed by atoms with E-state index >= 15 is 0 Å². The zero-order valence-corrected chi connectivity index (χ0v) is 12.2. The lowest BCUT2D eigenvalue weighted by atomic mass is 9.96. The van der Waals surface area contributed by atoms with E-state index in [0.717, 1.165) is 0 Å². The molecule has 102 valence electrons. The number of aromatic nitrogens is 1. The van der Waals surface area contributed by atoms with Crippen molar-refractivity contribution in [2.45, 2.75) is 19.9 Å². The van der Waals surface area contributed by atoms with E-state index in [4.69, 9.17) is 16.9 Å². The lowest BCUT2D eigenvalue weighted by Gasteiger charge is -2.23. The summed E-state index contributed by atoms with van der Waals surface area (Å²) in [5.74, 6) is 1.05. The third kappa shape index (κ3) is 3.28. The number of nitriles is 1. The number of halogens is 1. The second-order valence-corrected chi connectivity index (χ2v) is 5.32. The molecule has 0 amide bonds. The molecule has 0 spiro atoms. The normalized spacial score (nSPS) is 11.9. The number of nitrogens with zero attached hydrogens (tertiary/aromatic N) is 2. The summed E-state index contributed by atoms with van der Waals surface area (Å²) in [5.41, 5.74) is 1.44. The Kier molecular flexibility index (Phi) is 4.60. The van der Waals surface area contributed by atoms with Crippen LogP contribution < -0.4 is 5.32 Å².